The van der Waals surface area contributed by atoms with Crippen molar-refractivity contribution >= 4 is 19.4 Å². The van der Waals surface area contributed by atoms with Crippen molar-refractivity contribution in [1.82, 2.24) is 5.32 Å². The van der Waals surface area contributed by atoms with Gasteiger partial charge in [0.15, 0.2) is 5.78 Å². The number of hydrogen-bond acceptors (Lipinski definition) is 5. The fraction of sp³-hybridized carbons (Fsp3) is 0.0952. The average Bonchev–Trinajstić information content (AvgIpc) is 2.70. The first-order chi connectivity index (χ1) is 13.9. The van der Waals surface area contributed by atoms with Crippen LogP contribution in [-0.4, -0.2) is 17.0 Å². The molecule has 0 bridgehead atoms. The van der Waals surface area contributed by atoms with E-state index in [1.54, 1.807) is 84.9 Å². The highest BCUT2D eigenvalue weighted by Gasteiger charge is 2.40. The minimum absolute atomic E-state index is 0.0868. The van der Waals surface area contributed by atoms with Gasteiger partial charge >= 0.3 is 13.7 Å². The predicted molar refractivity (Wildman–Crippen MR) is 111 cm³/mol. The van der Waals surface area contributed by atoms with Crippen LogP contribution >= 0.6 is 7.60 Å². The molecule has 1 unspecified atom stereocenters. The highest BCUT2D eigenvalue weighted by molar-refractivity contribution is 7.55. The summed E-state index contributed by atoms with van der Waals surface area (Å²) >= 11 is 0. The minimum Gasteiger partial charge on any atom is -0.465 e. The number of benzene rings is 3. The van der Waals surface area contributed by atoms with Crippen molar-refractivity contribution in [3.05, 3.63) is 90.5 Å². The molecule has 3 aromatic rings. The summed E-state index contributed by atoms with van der Waals surface area (Å²) in [5.41, 5.74) is 7.01. The maximum atomic E-state index is 13.9. The van der Waals surface area contributed by atoms with Gasteiger partial charge in [-0.3, -0.25) is 0 Å². The van der Waals surface area contributed by atoms with E-state index in [1.807, 2.05) is 0 Å². The van der Waals surface area contributed by atoms with Crippen molar-refractivity contribution in [1.29, 1.82) is 0 Å². The van der Waals surface area contributed by atoms with E-state index in [0.717, 1.165) is 5.56 Å². The van der Waals surface area contributed by atoms with Crippen LogP contribution in [-0.2, 0) is 11.0 Å². The molecule has 29 heavy (non-hydrogen) atoms. The molecule has 0 radical (unpaired) electrons. The standard InChI is InChI=1S/C21H21N2O5P/c22-17-13-11-16(12-14-17)15-20(23-21(24)25)29(26,27-18-7-3-1-4-8-18)28-19-9-5-2-6-10-19/h1-14,20,23H,15,22H2,(H,24,25). The van der Waals surface area contributed by atoms with Crippen molar-refractivity contribution in [2.75, 3.05) is 5.73 Å². The molecule has 3 rings (SSSR count). The van der Waals surface area contributed by atoms with E-state index in [-0.39, 0.29) is 6.42 Å². The van der Waals surface area contributed by atoms with Crippen LogP contribution in [0, 0.1) is 0 Å². The summed E-state index contributed by atoms with van der Waals surface area (Å²) in [6.45, 7) is 0. The number of anilines is 1. The molecule has 0 saturated heterocycles. The molecule has 8 heteroatoms. The summed E-state index contributed by atoms with van der Waals surface area (Å²) < 4.78 is 25.4. The van der Waals surface area contributed by atoms with E-state index in [4.69, 9.17) is 14.8 Å². The number of nitrogens with one attached hydrogen (secondary N) is 1. The SMILES string of the molecule is Nc1ccc(CC(NC(=O)O)P(=O)(Oc2ccccc2)Oc2ccccc2)cc1. The third-order valence-electron chi connectivity index (χ3n) is 4.03. The lowest BCUT2D eigenvalue weighted by molar-refractivity contribution is 0.191. The molecule has 0 aliphatic heterocycles. The molecule has 3 aromatic carbocycles. The van der Waals surface area contributed by atoms with E-state index in [9.17, 15) is 14.5 Å². The second-order valence-corrected chi connectivity index (χ2v) is 8.33. The molecule has 150 valence electrons. The number of nitrogen functional groups attached to an aromatic ring is 1. The Balaban J connectivity index is 1.97. The van der Waals surface area contributed by atoms with Crippen molar-refractivity contribution in [2.24, 2.45) is 0 Å². The largest absolute Gasteiger partial charge is 0.465 e. The summed E-state index contributed by atoms with van der Waals surface area (Å²) in [6.07, 6.45) is -1.25. The molecule has 4 N–H and O–H groups in total. The van der Waals surface area contributed by atoms with Gasteiger partial charge in [-0.25, -0.2) is 9.36 Å². The Labute approximate surface area is 168 Å². The van der Waals surface area contributed by atoms with Crippen molar-refractivity contribution < 1.29 is 23.5 Å². The van der Waals surface area contributed by atoms with Gasteiger partial charge in [0.25, 0.3) is 0 Å². The number of hydrogen-bond donors (Lipinski definition) is 3. The van der Waals surface area contributed by atoms with Gasteiger partial charge < -0.3 is 25.2 Å². The van der Waals surface area contributed by atoms with E-state index in [1.165, 1.54) is 0 Å². The fourth-order valence-corrected chi connectivity index (χ4v) is 4.49. The number of carbonyl (C=O) groups is 1. The summed E-state index contributed by atoms with van der Waals surface area (Å²) in [7, 11) is -4.03. The Morgan fingerprint density at radius 2 is 1.38 bits per heavy atom. The maximum Gasteiger partial charge on any atom is 0.453 e. The number of nitrogens with two attached hydrogens (primary N) is 1. The van der Waals surface area contributed by atoms with E-state index in [2.05, 4.69) is 5.32 Å². The molecule has 0 aliphatic rings. The second-order valence-electron chi connectivity index (χ2n) is 6.26. The zero-order chi connectivity index (χ0) is 20.7. The van der Waals surface area contributed by atoms with E-state index >= 15 is 0 Å². The lowest BCUT2D eigenvalue weighted by Gasteiger charge is -2.27. The van der Waals surface area contributed by atoms with Gasteiger partial charge in [-0.2, -0.15) is 0 Å². The van der Waals surface area contributed by atoms with Crippen LogP contribution in [0.25, 0.3) is 0 Å². The Hall–Kier alpha value is -3.44. The van der Waals surface area contributed by atoms with Gasteiger partial charge in [0.1, 0.15) is 11.5 Å². The smallest absolute Gasteiger partial charge is 0.453 e. The minimum atomic E-state index is -4.03. The van der Waals surface area contributed by atoms with Crippen LogP contribution in [0.1, 0.15) is 5.56 Å². The molecule has 0 saturated carbocycles. The van der Waals surface area contributed by atoms with Crippen LogP contribution in [0.2, 0.25) is 0 Å². The van der Waals surface area contributed by atoms with Gasteiger partial charge in [0.2, 0.25) is 0 Å². The number of carboxylic acid groups (broad SMARTS) is 1. The van der Waals surface area contributed by atoms with Crippen LogP contribution in [0.4, 0.5) is 10.5 Å². The average molecular weight is 412 g/mol. The van der Waals surface area contributed by atoms with Crippen LogP contribution in [0.5, 0.6) is 11.5 Å². The first-order valence-electron chi connectivity index (χ1n) is 8.87. The summed E-state index contributed by atoms with van der Waals surface area (Å²) in [5.74, 6) is -0.536. The number of para-hydroxylation sites is 2. The second kappa shape index (κ2) is 9.17. The predicted octanol–water partition coefficient (Wildman–Crippen LogP) is 4.76. The molecule has 0 heterocycles. The van der Waals surface area contributed by atoms with E-state index in [0.29, 0.717) is 17.2 Å². The van der Waals surface area contributed by atoms with Crippen molar-refractivity contribution in [2.45, 2.75) is 12.2 Å². The van der Waals surface area contributed by atoms with Gasteiger partial charge in [-0.05, 0) is 42.0 Å². The third kappa shape index (κ3) is 5.77. The zero-order valence-electron chi connectivity index (χ0n) is 15.5. The number of amides is 1. The fourth-order valence-electron chi connectivity index (χ4n) is 2.66. The highest BCUT2D eigenvalue weighted by atomic mass is 31.2. The molecular formula is C21H21N2O5P. The van der Waals surface area contributed by atoms with Gasteiger partial charge in [0, 0.05) is 12.1 Å². The number of rotatable bonds is 8. The molecular weight excluding hydrogens is 391 g/mol. The molecule has 0 aromatic heterocycles. The summed E-state index contributed by atoms with van der Waals surface area (Å²) in [6, 6.07) is 23.8. The topological polar surface area (TPSA) is 111 Å². The monoisotopic (exact) mass is 412 g/mol. The lowest BCUT2D eigenvalue weighted by Crippen LogP contribution is -2.37. The molecule has 0 aliphatic carbocycles. The Kier molecular flexibility index (Phi) is 6.42. The molecule has 0 spiro atoms. The first-order valence-corrected chi connectivity index (χ1v) is 10.5. The van der Waals surface area contributed by atoms with Crippen molar-refractivity contribution in [3.63, 3.8) is 0 Å². The van der Waals surface area contributed by atoms with Gasteiger partial charge in [0.05, 0.1) is 0 Å². The Morgan fingerprint density at radius 1 is 0.897 bits per heavy atom. The molecule has 0 fully saturated rings. The Bertz CT molecular complexity index is 935. The summed E-state index contributed by atoms with van der Waals surface area (Å²) in [4.78, 5) is 11.4. The Morgan fingerprint density at radius 3 is 1.83 bits per heavy atom. The third-order valence-corrected chi connectivity index (χ3v) is 6.04. The highest BCUT2D eigenvalue weighted by Crippen LogP contribution is 2.52. The molecule has 1 atom stereocenters. The van der Waals surface area contributed by atoms with Gasteiger partial charge in [-0.1, -0.05) is 48.5 Å². The van der Waals surface area contributed by atoms with Crippen LogP contribution in [0.15, 0.2) is 84.9 Å². The van der Waals surface area contributed by atoms with Crippen LogP contribution in [0.3, 0.4) is 0 Å². The normalized spacial score (nSPS) is 12.0. The molecule has 7 nitrogen and oxygen atoms in total. The lowest BCUT2D eigenvalue weighted by atomic mass is 10.1. The van der Waals surface area contributed by atoms with E-state index < -0.39 is 19.5 Å². The van der Waals surface area contributed by atoms with Gasteiger partial charge in [-0.15, -0.1) is 0 Å². The maximum absolute atomic E-state index is 13.9. The quantitative estimate of drug-likeness (QED) is 0.364. The zero-order valence-corrected chi connectivity index (χ0v) is 16.4. The van der Waals surface area contributed by atoms with Crippen LogP contribution < -0.4 is 20.1 Å². The van der Waals surface area contributed by atoms with Crippen molar-refractivity contribution in [3.8, 4) is 11.5 Å². The molecule has 1 amide bonds. The first kappa shape index (κ1) is 20.3. The summed E-state index contributed by atoms with van der Waals surface area (Å²) in [5, 5.41) is 11.6.